The van der Waals surface area contributed by atoms with Crippen LogP contribution < -0.4 is 0 Å². The van der Waals surface area contributed by atoms with Crippen LogP contribution in [0.2, 0.25) is 0 Å². The molecule has 2 aliphatic heterocycles. The summed E-state index contributed by atoms with van der Waals surface area (Å²) in [6.07, 6.45) is 0. The average Bonchev–Trinajstić information content (AvgIpc) is 2.59. The first-order chi connectivity index (χ1) is 4.97. The van der Waals surface area contributed by atoms with Crippen molar-refractivity contribution in [2.75, 3.05) is 0 Å². The summed E-state index contributed by atoms with van der Waals surface area (Å²) in [4.78, 5) is 0. The van der Waals surface area contributed by atoms with E-state index in [1.54, 1.807) is 0 Å². The van der Waals surface area contributed by atoms with Gasteiger partial charge in [0, 0.05) is 0 Å². The van der Waals surface area contributed by atoms with E-state index in [0.29, 0.717) is 0 Å². The molecular formula is C2N8Th+4. The molecule has 0 fully saturated rings. The SMILES string of the molecule is N1=NC(=C2N=NN=N2)N=N1.[Th+4]. The first-order valence-corrected chi connectivity index (χ1v) is 2.34. The normalized spacial score (nSPS) is 18.2. The van der Waals surface area contributed by atoms with Crippen LogP contribution in [-0.2, 0) is 0 Å². The molecule has 0 aliphatic carbocycles. The maximum absolute atomic E-state index is 3.48. The third-order valence-corrected chi connectivity index (χ3v) is 0.838. The van der Waals surface area contributed by atoms with Gasteiger partial charge in [0.25, 0.3) is 0 Å². The quantitative estimate of drug-likeness (QED) is 0.623. The molecule has 0 aromatic rings. The summed E-state index contributed by atoms with van der Waals surface area (Å²) in [7, 11) is 0. The van der Waals surface area contributed by atoms with Crippen LogP contribution in [-0.4, -0.2) is 0 Å². The van der Waals surface area contributed by atoms with E-state index in [2.05, 4.69) is 41.4 Å². The van der Waals surface area contributed by atoms with Crippen LogP contribution in [0.1, 0.15) is 0 Å². The molecule has 9 heteroatoms. The van der Waals surface area contributed by atoms with Gasteiger partial charge in [0.05, 0.1) is 0 Å². The van der Waals surface area contributed by atoms with E-state index >= 15 is 0 Å². The molecule has 0 aromatic carbocycles. The van der Waals surface area contributed by atoms with Gasteiger partial charge in [-0.1, -0.05) is 0 Å². The van der Waals surface area contributed by atoms with Crippen LogP contribution in [0.3, 0.4) is 0 Å². The summed E-state index contributed by atoms with van der Waals surface area (Å²) in [5.41, 5.74) is 0. The molecule has 0 saturated carbocycles. The zero-order valence-corrected chi connectivity index (χ0v) is 9.19. The van der Waals surface area contributed by atoms with Gasteiger partial charge < -0.3 is 0 Å². The van der Waals surface area contributed by atoms with Gasteiger partial charge in [-0.3, -0.25) is 0 Å². The first-order valence-electron chi connectivity index (χ1n) is 2.34. The molecule has 2 rings (SSSR count). The Bertz CT molecular complexity index is 237. The smallest absolute Gasteiger partial charge is 0.102 e. The van der Waals surface area contributed by atoms with Crippen molar-refractivity contribution in [1.29, 1.82) is 0 Å². The van der Waals surface area contributed by atoms with Gasteiger partial charge in [-0.05, 0) is 20.9 Å². The van der Waals surface area contributed by atoms with Crippen LogP contribution in [0.15, 0.2) is 53.0 Å². The fraction of sp³-hybridized carbons (Fsp3) is 0. The van der Waals surface area contributed by atoms with E-state index in [4.69, 9.17) is 0 Å². The summed E-state index contributed by atoms with van der Waals surface area (Å²) >= 11 is 0. The van der Waals surface area contributed by atoms with E-state index in [0.717, 1.165) is 0 Å². The van der Waals surface area contributed by atoms with Crippen LogP contribution >= 0.6 is 0 Å². The van der Waals surface area contributed by atoms with Gasteiger partial charge in [-0.15, -0.1) is 20.5 Å². The minimum atomic E-state index is 0. The number of hydrogen-bond acceptors (Lipinski definition) is 8. The van der Waals surface area contributed by atoms with Gasteiger partial charge in [0.2, 0.25) is 11.6 Å². The monoisotopic (exact) mass is 368 g/mol. The molecule has 0 radical (unpaired) electrons. The van der Waals surface area contributed by atoms with E-state index < -0.39 is 0 Å². The molecule has 8 nitrogen and oxygen atoms in total. The van der Waals surface area contributed by atoms with Crippen molar-refractivity contribution in [3.05, 3.63) is 11.6 Å². The topological polar surface area (TPSA) is 98.9 Å². The van der Waals surface area contributed by atoms with E-state index in [-0.39, 0.29) is 51.6 Å². The zero-order valence-electron chi connectivity index (χ0n) is 5.08. The third kappa shape index (κ3) is 1.73. The van der Waals surface area contributed by atoms with Gasteiger partial charge >= 0.3 is 39.9 Å². The van der Waals surface area contributed by atoms with E-state index in [1.165, 1.54) is 0 Å². The molecule has 11 heavy (non-hydrogen) atoms. The number of nitrogens with zero attached hydrogens (tertiary/aromatic N) is 8. The van der Waals surface area contributed by atoms with Crippen molar-refractivity contribution < 1.29 is 39.9 Å². The molecule has 0 spiro atoms. The summed E-state index contributed by atoms with van der Waals surface area (Å²) in [5.74, 6) is 0.481. The Labute approximate surface area is 92.3 Å². The Kier molecular flexibility index (Phi) is 2.91. The van der Waals surface area contributed by atoms with E-state index in [9.17, 15) is 0 Å². The van der Waals surface area contributed by atoms with Gasteiger partial charge in [0.15, 0.2) is 0 Å². The van der Waals surface area contributed by atoms with Crippen LogP contribution in [0.4, 0.5) is 0 Å². The molecule has 0 aromatic heterocycles. The fourth-order valence-electron chi connectivity index (χ4n) is 0.468. The predicted octanol–water partition coefficient (Wildman–Crippen LogP) is 1.78. The van der Waals surface area contributed by atoms with Crippen molar-refractivity contribution in [2.24, 2.45) is 41.4 Å². The molecule has 0 atom stereocenters. The maximum Gasteiger partial charge on any atom is 4.00 e. The first kappa shape index (κ1) is 8.56. The number of hydrogen-bond donors (Lipinski definition) is 0. The van der Waals surface area contributed by atoms with Crippen molar-refractivity contribution in [3.63, 3.8) is 0 Å². The second-order valence-corrected chi connectivity index (χ2v) is 1.40. The Morgan fingerprint density at radius 1 is 0.545 bits per heavy atom. The van der Waals surface area contributed by atoms with Crippen LogP contribution in [0, 0.1) is 39.9 Å². The van der Waals surface area contributed by atoms with Crippen LogP contribution in [0.5, 0.6) is 0 Å². The van der Waals surface area contributed by atoms with Crippen LogP contribution in [0.25, 0.3) is 0 Å². The summed E-state index contributed by atoms with van der Waals surface area (Å²) in [5, 5.41) is 26.9. The Hall–Kier alpha value is -0.535. The average molecular weight is 368 g/mol. The standard InChI is InChI=1S/C2N8.Th/c3-1(4-8-7-3)2-5-9-10-6-2;/q;+4. The van der Waals surface area contributed by atoms with Crippen molar-refractivity contribution in [3.8, 4) is 0 Å². The minimum Gasteiger partial charge on any atom is -0.102 e. The fourth-order valence-corrected chi connectivity index (χ4v) is 0.468. The molecule has 0 bridgehead atoms. The van der Waals surface area contributed by atoms with Gasteiger partial charge in [0.1, 0.15) is 0 Å². The van der Waals surface area contributed by atoms with Gasteiger partial charge in [-0.2, -0.15) is 0 Å². The molecule has 2 aliphatic rings. The molecule has 0 amide bonds. The molecule has 0 N–H and O–H groups in total. The summed E-state index contributed by atoms with van der Waals surface area (Å²) < 4.78 is 0. The molecule has 0 unspecified atom stereocenters. The predicted molar refractivity (Wildman–Crippen MR) is 26.5 cm³/mol. The second-order valence-electron chi connectivity index (χ2n) is 1.40. The van der Waals surface area contributed by atoms with Crippen molar-refractivity contribution in [1.82, 2.24) is 0 Å². The molecule has 48 valence electrons. The molecule has 0 saturated heterocycles. The molecular weight excluding hydrogens is 368 g/mol. The zero-order chi connectivity index (χ0) is 6.81. The van der Waals surface area contributed by atoms with Gasteiger partial charge in [-0.25, -0.2) is 0 Å². The maximum atomic E-state index is 3.48. The minimum absolute atomic E-state index is 0. The Morgan fingerprint density at radius 2 is 0.818 bits per heavy atom. The third-order valence-electron chi connectivity index (χ3n) is 0.838. The summed E-state index contributed by atoms with van der Waals surface area (Å²) in [6, 6.07) is 0. The van der Waals surface area contributed by atoms with Crippen molar-refractivity contribution >= 4 is 0 Å². The second kappa shape index (κ2) is 3.74. The molecule has 2 heterocycles. The Morgan fingerprint density at radius 3 is 1.09 bits per heavy atom. The largest absolute Gasteiger partial charge is 4.00 e. The Balaban J connectivity index is 0.000000605. The van der Waals surface area contributed by atoms with Crippen molar-refractivity contribution in [2.45, 2.75) is 0 Å². The number of rotatable bonds is 0. The van der Waals surface area contributed by atoms with E-state index in [1.807, 2.05) is 0 Å². The summed E-state index contributed by atoms with van der Waals surface area (Å²) in [6.45, 7) is 0.